The number of halogens is 3. The Hall–Kier alpha value is -2.07. The quantitative estimate of drug-likeness (QED) is 0.741. The van der Waals surface area contributed by atoms with Crippen molar-refractivity contribution in [2.24, 2.45) is 0 Å². The van der Waals surface area contributed by atoms with Crippen molar-refractivity contribution in [1.82, 2.24) is 5.32 Å². The lowest BCUT2D eigenvalue weighted by Gasteiger charge is -2.17. The molecule has 4 heteroatoms. The van der Waals surface area contributed by atoms with Gasteiger partial charge in [0.1, 0.15) is 0 Å². The van der Waals surface area contributed by atoms with Crippen LogP contribution in [0.3, 0.4) is 0 Å². The van der Waals surface area contributed by atoms with E-state index in [0.717, 1.165) is 12.1 Å². The molecule has 0 amide bonds. The highest BCUT2D eigenvalue weighted by atomic mass is 19.4. The SMILES string of the molecule is Cc1cccc([C@@H](C)NC/C=C/c2cccc(C(F)(F)F)c2)c1C. The summed E-state index contributed by atoms with van der Waals surface area (Å²) in [6.07, 6.45) is -0.755. The van der Waals surface area contributed by atoms with Crippen molar-refractivity contribution in [3.05, 3.63) is 76.4 Å². The van der Waals surface area contributed by atoms with Gasteiger partial charge in [-0.3, -0.25) is 0 Å². The first-order chi connectivity index (χ1) is 11.3. The van der Waals surface area contributed by atoms with Gasteiger partial charge in [0.15, 0.2) is 0 Å². The zero-order chi connectivity index (χ0) is 17.7. The molecule has 1 atom stereocenters. The fourth-order valence-corrected chi connectivity index (χ4v) is 2.61. The number of rotatable bonds is 5. The molecule has 0 aromatic heterocycles. The van der Waals surface area contributed by atoms with Crippen LogP contribution in [0.2, 0.25) is 0 Å². The van der Waals surface area contributed by atoms with Gasteiger partial charge in [0.05, 0.1) is 5.56 Å². The Kier molecular flexibility index (Phi) is 5.84. The standard InChI is InChI=1S/C20H22F3N/c1-14-7-4-11-19(15(14)2)16(3)24-12-6-9-17-8-5-10-18(13-17)20(21,22)23/h4-11,13,16,24H,12H2,1-3H3/b9-6+/t16-/m1/s1. The second kappa shape index (κ2) is 7.67. The minimum Gasteiger partial charge on any atom is -0.307 e. The Labute approximate surface area is 141 Å². The molecular formula is C20H22F3N. The maximum atomic E-state index is 12.7. The molecular weight excluding hydrogens is 311 g/mol. The molecule has 0 aliphatic heterocycles. The lowest BCUT2D eigenvalue weighted by atomic mass is 9.98. The Balaban J connectivity index is 1.96. The van der Waals surface area contributed by atoms with Gasteiger partial charge in [0, 0.05) is 12.6 Å². The molecule has 0 saturated heterocycles. The molecule has 0 heterocycles. The van der Waals surface area contributed by atoms with Gasteiger partial charge in [-0.1, -0.05) is 42.5 Å². The molecule has 0 radical (unpaired) electrons. The number of hydrogen-bond acceptors (Lipinski definition) is 1. The second-order valence-electron chi connectivity index (χ2n) is 5.94. The summed E-state index contributed by atoms with van der Waals surface area (Å²) in [5.41, 5.74) is 3.68. The van der Waals surface area contributed by atoms with Gasteiger partial charge in [-0.05, 0) is 55.2 Å². The molecule has 1 N–H and O–H groups in total. The lowest BCUT2D eigenvalue weighted by molar-refractivity contribution is -0.137. The zero-order valence-corrected chi connectivity index (χ0v) is 14.1. The summed E-state index contributed by atoms with van der Waals surface area (Å²) >= 11 is 0. The highest BCUT2D eigenvalue weighted by molar-refractivity contribution is 5.50. The maximum Gasteiger partial charge on any atom is 0.416 e. The van der Waals surface area contributed by atoms with Crippen molar-refractivity contribution in [2.45, 2.75) is 33.0 Å². The van der Waals surface area contributed by atoms with Crippen LogP contribution in [0.1, 0.15) is 40.8 Å². The average molecular weight is 333 g/mol. The number of aryl methyl sites for hydroxylation is 1. The van der Waals surface area contributed by atoms with E-state index in [1.165, 1.54) is 22.8 Å². The molecule has 0 bridgehead atoms. The van der Waals surface area contributed by atoms with Crippen LogP contribution in [0.4, 0.5) is 13.2 Å². The molecule has 2 rings (SSSR count). The third kappa shape index (κ3) is 4.71. The van der Waals surface area contributed by atoms with E-state index < -0.39 is 11.7 Å². The van der Waals surface area contributed by atoms with Gasteiger partial charge in [-0.25, -0.2) is 0 Å². The predicted octanol–water partition coefficient (Wildman–Crippen LogP) is 5.69. The number of hydrogen-bond donors (Lipinski definition) is 1. The van der Waals surface area contributed by atoms with E-state index in [1.54, 1.807) is 12.1 Å². The Morgan fingerprint density at radius 2 is 1.79 bits per heavy atom. The molecule has 1 nitrogen and oxygen atoms in total. The molecule has 0 fully saturated rings. The third-order valence-corrected chi connectivity index (χ3v) is 4.18. The van der Waals surface area contributed by atoms with E-state index >= 15 is 0 Å². The van der Waals surface area contributed by atoms with Gasteiger partial charge in [-0.2, -0.15) is 13.2 Å². The summed E-state index contributed by atoms with van der Waals surface area (Å²) in [6.45, 7) is 6.85. The summed E-state index contributed by atoms with van der Waals surface area (Å²) in [5.74, 6) is 0. The molecule has 0 aliphatic rings. The number of benzene rings is 2. The molecule has 0 aliphatic carbocycles. The Morgan fingerprint density at radius 1 is 1.08 bits per heavy atom. The van der Waals surface area contributed by atoms with Crippen LogP contribution < -0.4 is 5.32 Å². The van der Waals surface area contributed by atoms with Gasteiger partial charge in [0.25, 0.3) is 0 Å². The van der Waals surface area contributed by atoms with E-state index in [4.69, 9.17) is 0 Å². The lowest BCUT2D eigenvalue weighted by Crippen LogP contribution is -2.19. The van der Waals surface area contributed by atoms with Crippen LogP contribution >= 0.6 is 0 Å². The molecule has 0 spiro atoms. The van der Waals surface area contributed by atoms with Crippen molar-refractivity contribution >= 4 is 6.08 Å². The topological polar surface area (TPSA) is 12.0 Å². The van der Waals surface area contributed by atoms with Crippen LogP contribution in [-0.4, -0.2) is 6.54 Å². The highest BCUT2D eigenvalue weighted by Gasteiger charge is 2.30. The van der Waals surface area contributed by atoms with E-state index in [-0.39, 0.29) is 6.04 Å². The van der Waals surface area contributed by atoms with Gasteiger partial charge in [-0.15, -0.1) is 0 Å². The molecule has 2 aromatic rings. The van der Waals surface area contributed by atoms with Crippen molar-refractivity contribution in [2.75, 3.05) is 6.54 Å². The van der Waals surface area contributed by atoms with E-state index in [9.17, 15) is 13.2 Å². The molecule has 24 heavy (non-hydrogen) atoms. The highest BCUT2D eigenvalue weighted by Crippen LogP contribution is 2.29. The van der Waals surface area contributed by atoms with Gasteiger partial charge in [0.2, 0.25) is 0 Å². The normalized spacial score (nSPS) is 13.4. The first-order valence-corrected chi connectivity index (χ1v) is 7.92. The van der Waals surface area contributed by atoms with Gasteiger partial charge < -0.3 is 5.32 Å². The van der Waals surface area contributed by atoms with Crippen LogP contribution in [0, 0.1) is 13.8 Å². The molecule has 0 unspecified atom stereocenters. The minimum atomic E-state index is -4.31. The van der Waals surface area contributed by atoms with Crippen LogP contribution in [0.25, 0.3) is 6.08 Å². The van der Waals surface area contributed by atoms with Crippen molar-refractivity contribution in [1.29, 1.82) is 0 Å². The monoisotopic (exact) mass is 333 g/mol. The van der Waals surface area contributed by atoms with Crippen molar-refractivity contribution in [3.8, 4) is 0 Å². The van der Waals surface area contributed by atoms with Crippen LogP contribution in [0.15, 0.2) is 48.5 Å². The number of nitrogens with one attached hydrogen (secondary N) is 1. The Bertz CT molecular complexity index is 717. The summed E-state index contributed by atoms with van der Waals surface area (Å²) in [5, 5.41) is 3.37. The number of alkyl halides is 3. The molecule has 128 valence electrons. The predicted molar refractivity (Wildman–Crippen MR) is 92.8 cm³/mol. The van der Waals surface area contributed by atoms with E-state index in [0.29, 0.717) is 12.1 Å². The second-order valence-corrected chi connectivity index (χ2v) is 5.94. The summed E-state index contributed by atoms with van der Waals surface area (Å²) in [7, 11) is 0. The smallest absolute Gasteiger partial charge is 0.307 e. The first kappa shape index (κ1) is 18.3. The molecule has 2 aromatic carbocycles. The maximum absolute atomic E-state index is 12.7. The van der Waals surface area contributed by atoms with Crippen LogP contribution in [0.5, 0.6) is 0 Å². The largest absolute Gasteiger partial charge is 0.416 e. The van der Waals surface area contributed by atoms with E-state index in [2.05, 4.69) is 38.2 Å². The Morgan fingerprint density at radius 3 is 2.50 bits per heavy atom. The summed E-state index contributed by atoms with van der Waals surface area (Å²) in [4.78, 5) is 0. The van der Waals surface area contributed by atoms with Gasteiger partial charge >= 0.3 is 6.18 Å². The third-order valence-electron chi connectivity index (χ3n) is 4.18. The van der Waals surface area contributed by atoms with Crippen molar-refractivity contribution in [3.63, 3.8) is 0 Å². The fourth-order valence-electron chi connectivity index (χ4n) is 2.61. The summed E-state index contributed by atoms with van der Waals surface area (Å²) < 4.78 is 38.1. The van der Waals surface area contributed by atoms with Crippen LogP contribution in [-0.2, 0) is 6.18 Å². The first-order valence-electron chi connectivity index (χ1n) is 7.92. The zero-order valence-electron chi connectivity index (χ0n) is 14.1. The summed E-state index contributed by atoms with van der Waals surface area (Å²) in [6, 6.07) is 11.7. The van der Waals surface area contributed by atoms with Crippen molar-refractivity contribution < 1.29 is 13.2 Å². The fraction of sp³-hybridized carbons (Fsp3) is 0.300. The molecule has 0 saturated carbocycles. The average Bonchev–Trinajstić information content (AvgIpc) is 2.53. The minimum absolute atomic E-state index is 0.177. The van der Waals surface area contributed by atoms with E-state index in [1.807, 2.05) is 12.1 Å².